The van der Waals surface area contributed by atoms with Gasteiger partial charge in [0, 0.05) is 28.3 Å². The Morgan fingerprint density at radius 1 is 1.50 bits per heavy atom. The van der Waals surface area contributed by atoms with Gasteiger partial charge in [0.1, 0.15) is 5.69 Å². The summed E-state index contributed by atoms with van der Waals surface area (Å²) in [5.41, 5.74) is 1.29. The van der Waals surface area contributed by atoms with Crippen molar-refractivity contribution < 1.29 is 4.79 Å². The van der Waals surface area contributed by atoms with Crippen LogP contribution in [0.2, 0.25) is 0 Å². The number of rotatable bonds is 4. The fourth-order valence-electron chi connectivity index (χ4n) is 1.43. The number of nitrogens with zero attached hydrogens (tertiary/aromatic N) is 1. The highest BCUT2D eigenvalue weighted by molar-refractivity contribution is 9.10. The van der Waals surface area contributed by atoms with Crippen LogP contribution in [-0.2, 0) is 6.54 Å². The summed E-state index contributed by atoms with van der Waals surface area (Å²) < 4.78 is 1.10. The topological polar surface area (TPSA) is 54.0 Å². The van der Waals surface area contributed by atoms with Gasteiger partial charge in [0.25, 0.3) is 5.91 Å². The van der Waals surface area contributed by atoms with E-state index in [0.29, 0.717) is 5.69 Å². The van der Waals surface area contributed by atoms with Crippen molar-refractivity contribution in [1.82, 2.24) is 10.3 Å². The zero-order valence-corrected chi connectivity index (χ0v) is 12.1. The minimum atomic E-state index is -0.184. The molecule has 0 radical (unpaired) electrons. The molecular formula is C12H12BrN3OS. The van der Waals surface area contributed by atoms with Gasteiger partial charge in [0.2, 0.25) is 0 Å². The highest BCUT2D eigenvalue weighted by Gasteiger charge is 2.06. The second-order valence-electron chi connectivity index (χ2n) is 3.55. The minimum Gasteiger partial charge on any atom is -0.380 e. The predicted molar refractivity (Wildman–Crippen MR) is 77.0 cm³/mol. The maximum absolute atomic E-state index is 11.4. The molecule has 0 atom stereocenters. The molecule has 0 aliphatic rings. The SMILES string of the molecule is CNC(=O)c1cc(NCc2sccc2Br)ccn1. The Morgan fingerprint density at radius 2 is 2.33 bits per heavy atom. The van der Waals surface area contributed by atoms with Crippen LogP contribution in [0.1, 0.15) is 15.4 Å². The van der Waals surface area contributed by atoms with Gasteiger partial charge in [0.05, 0.1) is 6.54 Å². The number of hydrogen-bond donors (Lipinski definition) is 2. The third-order valence-corrected chi connectivity index (χ3v) is 4.29. The lowest BCUT2D eigenvalue weighted by atomic mass is 10.3. The summed E-state index contributed by atoms with van der Waals surface area (Å²) in [5, 5.41) is 7.85. The van der Waals surface area contributed by atoms with Crippen molar-refractivity contribution in [3.05, 3.63) is 44.8 Å². The van der Waals surface area contributed by atoms with Gasteiger partial charge in [-0.15, -0.1) is 11.3 Å². The zero-order chi connectivity index (χ0) is 13.0. The van der Waals surface area contributed by atoms with Crippen molar-refractivity contribution in [2.75, 3.05) is 12.4 Å². The Bertz CT molecular complexity index is 556. The number of nitrogens with one attached hydrogen (secondary N) is 2. The van der Waals surface area contributed by atoms with E-state index in [1.807, 2.05) is 17.5 Å². The maximum atomic E-state index is 11.4. The number of halogens is 1. The number of anilines is 1. The van der Waals surface area contributed by atoms with Crippen LogP contribution in [0.3, 0.4) is 0 Å². The van der Waals surface area contributed by atoms with Gasteiger partial charge < -0.3 is 10.6 Å². The van der Waals surface area contributed by atoms with Crippen LogP contribution in [0.4, 0.5) is 5.69 Å². The first kappa shape index (κ1) is 13.0. The lowest BCUT2D eigenvalue weighted by Gasteiger charge is -2.06. The number of aromatic nitrogens is 1. The van der Waals surface area contributed by atoms with Crippen LogP contribution in [0.15, 0.2) is 34.2 Å². The Balaban J connectivity index is 2.06. The maximum Gasteiger partial charge on any atom is 0.269 e. The summed E-state index contributed by atoms with van der Waals surface area (Å²) in [7, 11) is 1.59. The number of hydrogen-bond acceptors (Lipinski definition) is 4. The van der Waals surface area contributed by atoms with Crippen LogP contribution in [0, 0.1) is 0 Å². The quantitative estimate of drug-likeness (QED) is 0.908. The Morgan fingerprint density at radius 3 is 3.00 bits per heavy atom. The van der Waals surface area contributed by atoms with Gasteiger partial charge in [-0.1, -0.05) is 0 Å². The summed E-state index contributed by atoms with van der Waals surface area (Å²) >= 11 is 5.16. The van der Waals surface area contributed by atoms with Crippen molar-refractivity contribution in [3.8, 4) is 0 Å². The van der Waals surface area contributed by atoms with Gasteiger partial charge in [0.15, 0.2) is 0 Å². The average Bonchev–Trinajstić information content (AvgIpc) is 2.81. The molecular weight excluding hydrogens is 314 g/mol. The summed E-state index contributed by atoms with van der Waals surface area (Å²) in [6.45, 7) is 0.718. The second-order valence-corrected chi connectivity index (χ2v) is 5.41. The fourth-order valence-corrected chi connectivity index (χ4v) is 2.86. The van der Waals surface area contributed by atoms with Gasteiger partial charge in [-0.05, 0) is 39.5 Å². The van der Waals surface area contributed by atoms with Gasteiger partial charge in [-0.2, -0.15) is 0 Å². The first-order chi connectivity index (χ1) is 8.70. The van der Waals surface area contributed by atoms with Gasteiger partial charge >= 0.3 is 0 Å². The van der Waals surface area contributed by atoms with Crippen LogP contribution in [-0.4, -0.2) is 17.9 Å². The molecule has 0 bridgehead atoms. The standard InChI is InChI=1S/C12H12BrN3OS/c1-14-12(17)10-6-8(2-4-15-10)16-7-11-9(13)3-5-18-11/h2-6H,7H2,1H3,(H,14,17)(H,15,16). The van der Waals surface area contributed by atoms with E-state index in [2.05, 4.69) is 31.5 Å². The number of amides is 1. The molecule has 0 saturated carbocycles. The van der Waals surface area contributed by atoms with Crippen LogP contribution >= 0.6 is 27.3 Å². The summed E-state index contributed by atoms with van der Waals surface area (Å²) in [4.78, 5) is 16.7. The van der Waals surface area contributed by atoms with Crippen molar-refractivity contribution in [1.29, 1.82) is 0 Å². The van der Waals surface area contributed by atoms with Gasteiger partial charge in [-0.3, -0.25) is 9.78 Å². The van der Waals surface area contributed by atoms with Crippen molar-refractivity contribution in [2.45, 2.75) is 6.54 Å². The normalized spacial score (nSPS) is 10.1. The number of carbonyl (C=O) groups excluding carboxylic acids is 1. The van der Waals surface area contributed by atoms with E-state index in [-0.39, 0.29) is 5.91 Å². The molecule has 0 aliphatic heterocycles. The molecule has 94 valence electrons. The van der Waals surface area contributed by atoms with Crippen molar-refractivity contribution in [2.24, 2.45) is 0 Å². The Hall–Kier alpha value is -1.40. The lowest BCUT2D eigenvalue weighted by Crippen LogP contribution is -2.19. The Labute approximate surface area is 118 Å². The van der Waals surface area contributed by atoms with Crippen molar-refractivity contribution >= 4 is 38.9 Å². The fraction of sp³-hybridized carbons (Fsp3) is 0.167. The highest BCUT2D eigenvalue weighted by Crippen LogP contribution is 2.23. The number of thiophene rings is 1. The third kappa shape index (κ3) is 3.08. The van der Waals surface area contributed by atoms with Crippen LogP contribution in [0.5, 0.6) is 0 Å². The predicted octanol–water partition coefficient (Wildman–Crippen LogP) is 2.88. The second kappa shape index (κ2) is 5.97. The lowest BCUT2D eigenvalue weighted by molar-refractivity contribution is 0.0958. The van der Waals surface area contributed by atoms with E-state index < -0.39 is 0 Å². The molecule has 2 aromatic rings. The van der Waals surface area contributed by atoms with E-state index in [0.717, 1.165) is 16.7 Å². The summed E-state index contributed by atoms with van der Waals surface area (Å²) in [5.74, 6) is -0.184. The molecule has 6 heteroatoms. The van der Waals surface area contributed by atoms with E-state index in [1.165, 1.54) is 4.88 Å². The number of carbonyl (C=O) groups is 1. The first-order valence-electron chi connectivity index (χ1n) is 5.34. The molecule has 2 aromatic heterocycles. The molecule has 2 rings (SSSR count). The summed E-state index contributed by atoms with van der Waals surface area (Å²) in [6.07, 6.45) is 1.62. The largest absolute Gasteiger partial charge is 0.380 e. The number of pyridine rings is 1. The minimum absolute atomic E-state index is 0.184. The van der Waals surface area contributed by atoms with Crippen molar-refractivity contribution in [3.63, 3.8) is 0 Å². The van der Waals surface area contributed by atoms with E-state index in [4.69, 9.17) is 0 Å². The monoisotopic (exact) mass is 325 g/mol. The van der Waals surface area contributed by atoms with E-state index >= 15 is 0 Å². The summed E-state index contributed by atoms with van der Waals surface area (Å²) in [6, 6.07) is 5.60. The molecule has 0 aliphatic carbocycles. The average molecular weight is 326 g/mol. The Kier molecular flexibility index (Phi) is 4.33. The molecule has 1 amide bonds. The third-order valence-electron chi connectivity index (χ3n) is 2.36. The van der Waals surface area contributed by atoms with E-state index in [9.17, 15) is 4.79 Å². The van der Waals surface area contributed by atoms with Gasteiger partial charge in [-0.25, -0.2) is 0 Å². The zero-order valence-electron chi connectivity index (χ0n) is 9.74. The first-order valence-corrected chi connectivity index (χ1v) is 7.02. The molecule has 0 aromatic carbocycles. The molecule has 0 spiro atoms. The molecule has 2 heterocycles. The molecule has 0 fully saturated rings. The van der Waals surface area contributed by atoms with Crippen LogP contribution in [0.25, 0.3) is 0 Å². The molecule has 4 nitrogen and oxygen atoms in total. The van der Waals surface area contributed by atoms with Crippen LogP contribution < -0.4 is 10.6 Å². The highest BCUT2D eigenvalue weighted by atomic mass is 79.9. The molecule has 2 N–H and O–H groups in total. The molecule has 18 heavy (non-hydrogen) atoms. The smallest absolute Gasteiger partial charge is 0.269 e. The molecule has 0 unspecified atom stereocenters. The molecule has 0 saturated heterocycles. The van der Waals surface area contributed by atoms with E-state index in [1.54, 1.807) is 30.6 Å².